The van der Waals surface area contributed by atoms with Gasteiger partial charge >= 0.3 is 0 Å². The smallest absolute Gasteiger partial charge is 0.119 e. The standard InChI is InChI=1S/C14H21NO/c15-9-3-7-12-4-2-8-14(10-12)16-11-13-5-1-6-13/h2,4,8,10,13H,1,3,5-7,9,11,15H2. The normalized spacial score (nSPS) is 15.8. The molecule has 0 atom stereocenters. The number of nitrogens with two attached hydrogens (primary N) is 1. The first-order chi connectivity index (χ1) is 7.88. The summed E-state index contributed by atoms with van der Waals surface area (Å²) < 4.78 is 5.80. The van der Waals surface area contributed by atoms with E-state index < -0.39 is 0 Å². The number of benzene rings is 1. The lowest BCUT2D eigenvalue weighted by Gasteiger charge is -2.25. The molecule has 0 heterocycles. The summed E-state index contributed by atoms with van der Waals surface area (Å²) in [5, 5.41) is 0. The molecule has 1 fully saturated rings. The summed E-state index contributed by atoms with van der Waals surface area (Å²) in [7, 11) is 0. The number of ether oxygens (including phenoxy) is 1. The minimum atomic E-state index is 0.757. The van der Waals surface area contributed by atoms with Crippen LogP contribution in [-0.2, 0) is 6.42 Å². The lowest BCUT2D eigenvalue weighted by atomic mass is 9.86. The van der Waals surface area contributed by atoms with Crippen LogP contribution in [0.4, 0.5) is 0 Å². The molecule has 2 nitrogen and oxygen atoms in total. The molecule has 2 rings (SSSR count). The highest BCUT2D eigenvalue weighted by atomic mass is 16.5. The van der Waals surface area contributed by atoms with Gasteiger partial charge in [0.2, 0.25) is 0 Å². The average molecular weight is 219 g/mol. The average Bonchev–Trinajstić information content (AvgIpc) is 2.25. The van der Waals surface area contributed by atoms with Gasteiger partial charge < -0.3 is 10.5 Å². The fraction of sp³-hybridized carbons (Fsp3) is 0.571. The number of aryl methyl sites for hydroxylation is 1. The maximum absolute atomic E-state index is 5.80. The summed E-state index contributed by atoms with van der Waals surface area (Å²) in [4.78, 5) is 0. The molecule has 1 aliphatic rings. The highest BCUT2D eigenvalue weighted by molar-refractivity contribution is 5.28. The largest absolute Gasteiger partial charge is 0.493 e. The summed E-state index contributed by atoms with van der Waals surface area (Å²) in [5.41, 5.74) is 6.84. The Labute approximate surface area is 97.8 Å². The first-order valence-corrected chi connectivity index (χ1v) is 6.30. The highest BCUT2D eigenvalue weighted by Gasteiger charge is 2.17. The van der Waals surface area contributed by atoms with Crippen molar-refractivity contribution in [3.8, 4) is 5.75 Å². The van der Waals surface area contributed by atoms with E-state index in [-0.39, 0.29) is 0 Å². The Balaban J connectivity index is 1.82. The lowest BCUT2D eigenvalue weighted by molar-refractivity contribution is 0.180. The Morgan fingerprint density at radius 1 is 1.31 bits per heavy atom. The molecular weight excluding hydrogens is 198 g/mol. The molecule has 2 N–H and O–H groups in total. The zero-order chi connectivity index (χ0) is 11.2. The Morgan fingerprint density at radius 2 is 2.19 bits per heavy atom. The molecule has 0 amide bonds. The third kappa shape index (κ3) is 3.24. The van der Waals surface area contributed by atoms with Crippen molar-refractivity contribution in [1.82, 2.24) is 0 Å². The first kappa shape index (κ1) is 11.5. The van der Waals surface area contributed by atoms with Crippen LogP contribution in [0.5, 0.6) is 5.75 Å². The van der Waals surface area contributed by atoms with Crippen LogP contribution in [-0.4, -0.2) is 13.2 Å². The Kier molecular flexibility index (Phi) is 4.23. The quantitative estimate of drug-likeness (QED) is 0.798. The Bertz CT molecular complexity index is 320. The van der Waals surface area contributed by atoms with E-state index in [0.29, 0.717) is 0 Å². The van der Waals surface area contributed by atoms with Gasteiger partial charge in [0, 0.05) is 0 Å². The van der Waals surface area contributed by atoms with Crippen LogP contribution in [0.3, 0.4) is 0 Å². The van der Waals surface area contributed by atoms with Gasteiger partial charge in [0.15, 0.2) is 0 Å². The van der Waals surface area contributed by atoms with Crippen molar-refractivity contribution >= 4 is 0 Å². The maximum Gasteiger partial charge on any atom is 0.119 e. The summed E-state index contributed by atoms with van der Waals surface area (Å²) in [6.07, 6.45) is 6.16. The fourth-order valence-corrected chi connectivity index (χ4v) is 1.97. The molecule has 0 aromatic heterocycles. The molecule has 1 saturated carbocycles. The molecule has 0 unspecified atom stereocenters. The maximum atomic E-state index is 5.80. The van der Waals surface area contributed by atoms with Gasteiger partial charge in [-0.05, 0) is 55.8 Å². The van der Waals surface area contributed by atoms with E-state index in [1.807, 2.05) is 6.07 Å². The van der Waals surface area contributed by atoms with E-state index in [0.717, 1.165) is 37.7 Å². The van der Waals surface area contributed by atoms with Gasteiger partial charge in [-0.1, -0.05) is 18.6 Å². The van der Waals surface area contributed by atoms with Gasteiger partial charge in [0.25, 0.3) is 0 Å². The zero-order valence-corrected chi connectivity index (χ0v) is 9.82. The number of hydrogen-bond donors (Lipinski definition) is 1. The fourth-order valence-electron chi connectivity index (χ4n) is 1.97. The van der Waals surface area contributed by atoms with Crippen molar-refractivity contribution in [3.63, 3.8) is 0 Å². The van der Waals surface area contributed by atoms with E-state index >= 15 is 0 Å². The number of rotatable bonds is 6. The minimum absolute atomic E-state index is 0.757. The molecule has 0 aliphatic heterocycles. The lowest BCUT2D eigenvalue weighted by Crippen LogP contribution is -2.19. The second-order valence-electron chi connectivity index (χ2n) is 4.65. The van der Waals surface area contributed by atoms with Crippen LogP contribution in [0.15, 0.2) is 24.3 Å². The van der Waals surface area contributed by atoms with E-state index in [4.69, 9.17) is 10.5 Å². The summed E-state index contributed by atoms with van der Waals surface area (Å²) in [6, 6.07) is 8.41. The summed E-state index contributed by atoms with van der Waals surface area (Å²) in [6.45, 7) is 1.65. The van der Waals surface area contributed by atoms with Gasteiger partial charge in [-0.3, -0.25) is 0 Å². The molecule has 0 spiro atoms. The van der Waals surface area contributed by atoms with Crippen LogP contribution in [0.25, 0.3) is 0 Å². The molecule has 2 heteroatoms. The molecule has 0 bridgehead atoms. The molecular formula is C14H21NO. The van der Waals surface area contributed by atoms with E-state index in [9.17, 15) is 0 Å². The Hall–Kier alpha value is -1.02. The van der Waals surface area contributed by atoms with E-state index in [1.165, 1.54) is 24.8 Å². The molecule has 16 heavy (non-hydrogen) atoms. The molecule has 88 valence electrons. The van der Waals surface area contributed by atoms with Gasteiger partial charge in [0.1, 0.15) is 5.75 Å². The van der Waals surface area contributed by atoms with Crippen molar-refractivity contribution < 1.29 is 4.74 Å². The third-order valence-corrected chi connectivity index (χ3v) is 3.28. The predicted octanol–water partition coefficient (Wildman–Crippen LogP) is 2.76. The van der Waals surface area contributed by atoms with Crippen LogP contribution in [0, 0.1) is 5.92 Å². The highest BCUT2D eigenvalue weighted by Crippen LogP contribution is 2.27. The predicted molar refractivity (Wildman–Crippen MR) is 66.7 cm³/mol. The number of hydrogen-bond acceptors (Lipinski definition) is 2. The van der Waals surface area contributed by atoms with Crippen LogP contribution < -0.4 is 10.5 Å². The first-order valence-electron chi connectivity index (χ1n) is 6.30. The molecule has 1 aliphatic carbocycles. The van der Waals surface area contributed by atoms with Crippen molar-refractivity contribution in [2.45, 2.75) is 32.1 Å². The van der Waals surface area contributed by atoms with Gasteiger partial charge in [0.05, 0.1) is 6.61 Å². The summed E-state index contributed by atoms with van der Waals surface area (Å²) >= 11 is 0. The second kappa shape index (κ2) is 5.90. The molecule has 1 aromatic rings. The van der Waals surface area contributed by atoms with Crippen LogP contribution in [0.1, 0.15) is 31.2 Å². The van der Waals surface area contributed by atoms with Gasteiger partial charge in [-0.2, -0.15) is 0 Å². The van der Waals surface area contributed by atoms with Crippen LogP contribution >= 0.6 is 0 Å². The van der Waals surface area contributed by atoms with Gasteiger partial charge in [-0.15, -0.1) is 0 Å². The van der Waals surface area contributed by atoms with Crippen molar-refractivity contribution in [2.24, 2.45) is 11.7 Å². The Morgan fingerprint density at radius 3 is 2.88 bits per heavy atom. The molecule has 0 saturated heterocycles. The van der Waals surface area contributed by atoms with Crippen molar-refractivity contribution in [2.75, 3.05) is 13.2 Å². The van der Waals surface area contributed by atoms with Gasteiger partial charge in [-0.25, -0.2) is 0 Å². The SMILES string of the molecule is NCCCc1cccc(OCC2CCC2)c1. The van der Waals surface area contributed by atoms with Crippen molar-refractivity contribution in [1.29, 1.82) is 0 Å². The van der Waals surface area contributed by atoms with E-state index in [1.54, 1.807) is 0 Å². The zero-order valence-electron chi connectivity index (χ0n) is 9.82. The molecule has 1 aromatic carbocycles. The van der Waals surface area contributed by atoms with E-state index in [2.05, 4.69) is 18.2 Å². The van der Waals surface area contributed by atoms with Crippen molar-refractivity contribution in [3.05, 3.63) is 29.8 Å². The second-order valence-corrected chi connectivity index (χ2v) is 4.65. The van der Waals surface area contributed by atoms with Crippen LogP contribution in [0.2, 0.25) is 0 Å². The topological polar surface area (TPSA) is 35.2 Å². The molecule has 0 radical (unpaired) electrons. The monoisotopic (exact) mass is 219 g/mol. The minimum Gasteiger partial charge on any atom is -0.493 e. The summed E-state index contributed by atoms with van der Waals surface area (Å²) in [5.74, 6) is 1.81. The third-order valence-electron chi connectivity index (χ3n) is 3.28.